The van der Waals surface area contributed by atoms with Gasteiger partial charge in [0.25, 0.3) is 5.91 Å². The number of sulfonamides is 1. The summed E-state index contributed by atoms with van der Waals surface area (Å²) in [7, 11) is -3.52. The van der Waals surface area contributed by atoms with Crippen LogP contribution >= 0.6 is 11.3 Å². The lowest BCUT2D eigenvalue weighted by molar-refractivity contribution is 0.102. The average molecular weight is 380 g/mol. The van der Waals surface area contributed by atoms with E-state index in [2.05, 4.69) is 10.3 Å². The van der Waals surface area contributed by atoms with E-state index in [9.17, 15) is 13.2 Å². The lowest BCUT2D eigenvalue weighted by atomic mass is 10.0. The number of thiazole rings is 1. The summed E-state index contributed by atoms with van der Waals surface area (Å²) in [5.74, 6) is -0.302. The zero-order chi connectivity index (χ0) is 17.9. The highest BCUT2D eigenvalue weighted by Crippen LogP contribution is 2.27. The third kappa shape index (κ3) is 3.91. The van der Waals surface area contributed by atoms with E-state index >= 15 is 0 Å². The van der Waals surface area contributed by atoms with Crippen molar-refractivity contribution in [3.63, 3.8) is 0 Å². The minimum absolute atomic E-state index is 0.0617. The van der Waals surface area contributed by atoms with Crippen LogP contribution in [0, 0.1) is 0 Å². The summed E-state index contributed by atoms with van der Waals surface area (Å²) in [6.07, 6.45) is 5.29. The van der Waals surface area contributed by atoms with Gasteiger partial charge in [-0.25, -0.2) is 13.4 Å². The molecule has 1 aromatic heterocycles. The Bertz CT molecular complexity index is 817. The van der Waals surface area contributed by atoms with Gasteiger partial charge in [-0.1, -0.05) is 13.3 Å². The predicted octanol–water partition coefficient (Wildman–Crippen LogP) is 3.35. The predicted molar refractivity (Wildman–Crippen MR) is 98.3 cm³/mol. The Labute approximate surface area is 151 Å². The van der Waals surface area contributed by atoms with Gasteiger partial charge in [0.05, 0.1) is 4.90 Å². The smallest absolute Gasteiger partial charge is 0.257 e. The van der Waals surface area contributed by atoms with Crippen LogP contribution in [0.25, 0.3) is 0 Å². The lowest BCUT2D eigenvalue weighted by Gasteiger charge is -2.34. The molecule has 1 aliphatic rings. The van der Waals surface area contributed by atoms with Crippen molar-refractivity contribution in [1.82, 2.24) is 9.29 Å². The van der Waals surface area contributed by atoms with Crippen molar-refractivity contribution in [3.05, 3.63) is 41.4 Å². The maximum atomic E-state index is 12.9. The number of carbonyl (C=O) groups excluding carboxylic acids is 1. The number of piperidine rings is 1. The first-order valence-corrected chi connectivity index (χ1v) is 10.7. The van der Waals surface area contributed by atoms with Crippen LogP contribution in [0.15, 0.2) is 40.7 Å². The molecule has 0 radical (unpaired) electrons. The number of nitrogens with one attached hydrogen (secondary N) is 1. The zero-order valence-corrected chi connectivity index (χ0v) is 15.6. The molecule has 0 bridgehead atoms. The molecule has 0 unspecified atom stereocenters. The third-order valence-electron chi connectivity index (χ3n) is 4.42. The first-order chi connectivity index (χ1) is 12.0. The Morgan fingerprint density at radius 2 is 2.08 bits per heavy atom. The van der Waals surface area contributed by atoms with Crippen molar-refractivity contribution in [2.45, 2.75) is 43.5 Å². The van der Waals surface area contributed by atoms with Gasteiger partial charge in [0, 0.05) is 29.7 Å². The molecule has 2 heterocycles. The Balaban J connectivity index is 1.77. The van der Waals surface area contributed by atoms with E-state index in [4.69, 9.17) is 0 Å². The van der Waals surface area contributed by atoms with Crippen molar-refractivity contribution in [3.8, 4) is 0 Å². The highest BCUT2D eigenvalue weighted by atomic mass is 32.2. The Hall–Kier alpha value is -1.77. The standard InChI is InChI=1S/C17H21N3O3S2/c1-2-14-5-3-4-11-20(14)25(22,23)15-8-6-13(7-9-15)16(21)19-17-18-10-12-24-17/h6-10,12,14H,2-5,11H2,1H3,(H,18,19,21)/t14-/m1/s1. The molecular weight excluding hydrogens is 358 g/mol. The summed E-state index contributed by atoms with van der Waals surface area (Å²) >= 11 is 1.33. The van der Waals surface area contributed by atoms with Gasteiger partial charge in [-0.3, -0.25) is 10.1 Å². The maximum absolute atomic E-state index is 12.9. The molecule has 1 saturated heterocycles. The van der Waals surface area contributed by atoms with E-state index in [0.717, 1.165) is 25.7 Å². The highest BCUT2D eigenvalue weighted by Gasteiger charge is 2.32. The molecule has 3 rings (SSSR count). The molecule has 1 amide bonds. The minimum Gasteiger partial charge on any atom is -0.298 e. The zero-order valence-electron chi connectivity index (χ0n) is 14.0. The SMILES string of the molecule is CC[C@@H]1CCCCN1S(=O)(=O)c1ccc(C(=O)Nc2nccs2)cc1. The third-order valence-corrected chi connectivity index (χ3v) is 7.07. The number of anilines is 1. The quantitative estimate of drug-likeness (QED) is 0.864. The minimum atomic E-state index is -3.52. The lowest BCUT2D eigenvalue weighted by Crippen LogP contribution is -2.43. The number of aromatic nitrogens is 1. The number of hydrogen-bond donors (Lipinski definition) is 1. The van der Waals surface area contributed by atoms with Gasteiger partial charge in [0.15, 0.2) is 5.13 Å². The van der Waals surface area contributed by atoms with Crippen molar-refractivity contribution in [2.75, 3.05) is 11.9 Å². The normalized spacial score (nSPS) is 18.8. The van der Waals surface area contributed by atoms with Gasteiger partial charge in [0.1, 0.15) is 0 Å². The van der Waals surface area contributed by atoms with Crippen LogP contribution in [-0.2, 0) is 10.0 Å². The molecule has 0 saturated carbocycles. The molecule has 1 aliphatic heterocycles. The van der Waals surface area contributed by atoms with Gasteiger partial charge in [-0.2, -0.15) is 4.31 Å². The van der Waals surface area contributed by atoms with Crippen LogP contribution in [0.3, 0.4) is 0 Å². The number of hydrogen-bond acceptors (Lipinski definition) is 5. The summed E-state index contributed by atoms with van der Waals surface area (Å²) in [5, 5.41) is 4.97. The molecular formula is C17H21N3O3S2. The number of rotatable bonds is 5. The van der Waals surface area contributed by atoms with Crippen LogP contribution in [0.2, 0.25) is 0 Å². The first kappa shape index (κ1) is 18.0. The summed E-state index contributed by atoms with van der Waals surface area (Å²) < 4.78 is 27.4. The van der Waals surface area contributed by atoms with Gasteiger partial charge in [0.2, 0.25) is 10.0 Å². The fourth-order valence-corrected chi connectivity index (χ4v) is 5.36. The number of amides is 1. The monoisotopic (exact) mass is 379 g/mol. The molecule has 2 aromatic rings. The molecule has 8 heteroatoms. The van der Waals surface area contributed by atoms with E-state index in [1.165, 1.54) is 23.5 Å². The number of benzene rings is 1. The second kappa shape index (κ2) is 7.63. The molecule has 0 aliphatic carbocycles. The molecule has 6 nitrogen and oxygen atoms in total. The van der Waals surface area contributed by atoms with E-state index < -0.39 is 10.0 Å². The van der Waals surface area contributed by atoms with E-state index in [1.807, 2.05) is 6.92 Å². The van der Waals surface area contributed by atoms with Crippen molar-refractivity contribution >= 4 is 32.4 Å². The van der Waals surface area contributed by atoms with Crippen LogP contribution < -0.4 is 5.32 Å². The van der Waals surface area contributed by atoms with Crippen molar-refractivity contribution in [2.24, 2.45) is 0 Å². The fourth-order valence-electron chi connectivity index (χ4n) is 3.07. The molecule has 134 valence electrons. The summed E-state index contributed by atoms with van der Waals surface area (Å²) in [6.45, 7) is 2.58. The summed E-state index contributed by atoms with van der Waals surface area (Å²) in [5.41, 5.74) is 0.403. The van der Waals surface area contributed by atoms with Crippen LogP contribution in [0.1, 0.15) is 43.0 Å². The average Bonchev–Trinajstić information content (AvgIpc) is 3.14. The van der Waals surface area contributed by atoms with Crippen molar-refractivity contribution < 1.29 is 13.2 Å². The topological polar surface area (TPSA) is 79.4 Å². The van der Waals surface area contributed by atoms with E-state index in [0.29, 0.717) is 17.2 Å². The number of nitrogens with zero attached hydrogens (tertiary/aromatic N) is 2. The van der Waals surface area contributed by atoms with Gasteiger partial charge in [-0.05, 0) is 43.5 Å². The number of carbonyl (C=O) groups is 1. The molecule has 1 aromatic carbocycles. The van der Waals surface area contributed by atoms with Crippen LogP contribution in [0.4, 0.5) is 5.13 Å². The van der Waals surface area contributed by atoms with E-state index in [1.54, 1.807) is 28.0 Å². The molecule has 25 heavy (non-hydrogen) atoms. The molecule has 0 spiro atoms. The van der Waals surface area contributed by atoms with E-state index in [-0.39, 0.29) is 16.8 Å². The second-order valence-electron chi connectivity index (χ2n) is 5.99. The Morgan fingerprint density at radius 3 is 2.72 bits per heavy atom. The largest absolute Gasteiger partial charge is 0.298 e. The van der Waals surface area contributed by atoms with Gasteiger partial charge < -0.3 is 0 Å². The first-order valence-electron chi connectivity index (χ1n) is 8.35. The highest BCUT2D eigenvalue weighted by molar-refractivity contribution is 7.89. The van der Waals surface area contributed by atoms with Crippen molar-refractivity contribution in [1.29, 1.82) is 0 Å². The molecule has 1 N–H and O–H groups in total. The summed E-state index contributed by atoms with van der Waals surface area (Å²) in [6, 6.07) is 6.16. The van der Waals surface area contributed by atoms with Gasteiger partial charge >= 0.3 is 0 Å². The molecule has 1 fully saturated rings. The second-order valence-corrected chi connectivity index (χ2v) is 8.77. The van der Waals surface area contributed by atoms with Gasteiger partial charge in [-0.15, -0.1) is 11.3 Å². The fraction of sp³-hybridized carbons (Fsp3) is 0.412. The van der Waals surface area contributed by atoms with Crippen LogP contribution in [-0.4, -0.2) is 36.2 Å². The molecule has 1 atom stereocenters. The Kier molecular flexibility index (Phi) is 5.51. The maximum Gasteiger partial charge on any atom is 0.257 e. The Morgan fingerprint density at radius 1 is 1.32 bits per heavy atom. The van der Waals surface area contributed by atoms with Crippen LogP contribution in [0.5, 0.6) is 0 Å². The summed E-state index contributed by atoms with van der Waals surface area (Å²) in [4.78, 5) is 16.4.